The van der Waals surface area contributed by atoms with E-state index in [1.807, 2.05) is 31.2 Å². The Morgan fingerprint density at radius 2 is 2.05 bits per heavy atom. The summed E-state index contributed by atoms with van der Waals surface area (Å²) >= 11 is 3.44. The minimum absolute atomic E-state index is 0.405. The zero-order chi connectivity index (χ0) is 13.8. The maximum Gasteiger partial charge on any atom is 0.248 e. The molecular weight excluding hydrogens is 306 g/mol. The Bertz CT molecular complexity index is 611. The number of carbonyl (C=O) groups excluding carboxylic acids is 1. The predicted molar refractivity (Wildman–Crippen MR) is 78.2 cm³/mol. The molecule has 2 rings (SSSR count). The number of rotatable bonds is 4. The van der Waals surface area contributed by atoms with Crippen molar-refractivity contribution in [2.75, 3.05) is 0 Å². The number of ether oxygens (including phenoxy) is 1. The molecule has 0 bridgehead atoms. The molecule has 0 aromatic heterocycles. The minimum atomic E-state index is -0.429. The van der Waals surface area contributed by atoms with E-state index < -0.39 is 5.91 Å². The highest BCUT2D eigenvalue weighted by molar-refractivity contribution is 9.10. The van der Waals surface area contributed by atoms with Gasteiger partial charge in [-0.15, -0.1) is 0 Å². The molecule has 19 heavy (non-hydrogen) atoms. The standard InChI is InChI=1S/C15H14BrNO2/c1-10-7-13(5-6-14(10)16)19-9-11-3-2-4-12(8-11)15(17)18/h2-8H,9H2,1H3,(H2,17,18). The highest BCUT2D eigenvalue weighted by Crippen LogP contribution is 2.22. The van der Waals surface area contributed by atoms with E-state index >= 15 is 0 Å². The summed E-state index contributed by atoms with van der Waals surface area (Å²) in [6, 6.07) is 12.9. The lowest BCUT2D eigenvalue weighted by molar-refractivity contribution is 0.1000. The normalized spacial score (nSPS) is 10.2. The molecule has 2 aromatic rings. The van der Waals surface area contributed by atoms with E-state index in [9.17, 15) is 4.79 Å². The van der Waals surface area contributed by atoms with Gasteiger partial charge in [-0.2, -0.15) is 0 Å². The Kier molecular flexibility index (Phi) is 4.22. The van der Waals surface area contributed by atoms with Crippen LogP contribution in [0.5, 0.6) is 5.75 Å². The first kappa shape index (κ1) is 13.6. The fourth-order valence-electron chi connectivity index (χ4n) is 1.69. The molecule has 2 aromatic carbocycles. The van der Waals surface area contributed by atoms with Gasteiger partial charge < -0.3 is 10.5 Å². The summed E-state index contributed by atoms with van der Waals surface area (Å²) in [4.78, 5) is 11.1. The first-order valence-corrected chi connectivity index (χ1v) is 6.63. The second-order valence-corrected chi connectivity index (χ2v) is 5.12. The van der Waals surface area contributed by atoms with Crippen LogP contribution in [0, 0.1) is 6.92 Å². The van der Waals surface area contributed by atoms with Crippen LogP contribution in [0.2, 0.25) is 0 Å². The van der Waals surface area contributed by atoms with Gasteiger partial charge in [-0.05, 0) is 48.4 Å². The van der Waals surface area contributed by atoms with E-state index in [1.165, 1.54) is 0 Å². The molecule has 0 unspecified atom stereocenters. The van der Waals surface area contributed by atoms with Crippen LogP contribution in [0.25, 0.3) is 0 Å². The van der Waals surface area contributed by atoms with Gasteiger partial charge in [0.2, 0.25) is 5.91 Å². The molecule has 0 heterocycles. The molecule has 0 aliphatic heterocycles. The molecule has 0 saturated carbocycles. The van der Waals surface area contributed by atoms with E-state index in [2.05, 4.69) is 15.9 Å². The maximum absolute atomic E-state index is 11.1. The summed E-state index contributed by atoms with van der Waals surface area (Å²) < 4.78 is 6.74. The van der Waals surface area contributed by atoms with Crippen molar-refractivity contribution in [2.45, 2.75) is 13.5 Å². The van der Waals surface area contributed by atoms with Crippen molar-refractivity contribution >= 4 is 21.8 Å². The van der Waals surface area contributed by atoms with Crippen LogP contribution >= 0.6 is 15.9 Å². The maximum atomic E-state index is 11.1. The lowest BCUT2D eigenvalue weighted by atomic mass is 10.1. The zero-order valence-electron chi connectivity index (χ0n) is 10.5. The van der Waals surface area contributed by atoms with Gasteiger partial charge in [-0.3, -0.25) is 4.79 Å². The number of hydrogen-bond acceptors (Lipinski definition) is 2. The van der Waals surface area contributed by atoms with Gasteiger partial charge in [0.25, 0.3) is 0 Å². The molecule has 2 N–H and O–H groups in total. The third kappa shape index (κ3) is 3.58. The summed E-state index contributed by atoms with van der Waals surface area (Å²) in [5.74, 6) is 0.367. The number of amides is 1. The fourth-order valence-corrected chi connectivity index (χ4v) is 1.93. The smallest absolute Gasteiger partial charge is 0.248 e. The van der Waals surface area contributed by atoms with Gasteiger partial charge >= 0.3 is 0 Å². The quantitative estimate of drug-likeness (QED) is 0.938. The number of carbonyl (C=O) groups is 1. The number of nitrogens with two attached hydrogens (primary N) is 1. The second kappa shape index (κ2) is 5.89. The summed E-state index contributed by atoms with van der Waals surface area (Å²) in [5.41, 5.74) is 7.76. The summed E-state index contributed by atoms with van der Waals surface area (Å²) in [5, 5.41) is 0. The molecule has 4 heteroatoms. The van der Waals surface area contributed by atoms with Crippen LogP contribution in [0.4, 0.5) is 0 Å². The third-order valence-corrected chi connectivity index (χ3v) is 3.64. The zero-order valence-corrected chi connectivity index (χ0v) is 12.1. The highest BCUT2D eigenvalue weighted by Gasteiger charge is 2.03. The topological polar surface area (TPSA) is 52.3 Å². The fraction of sp³-hybridized carbons (Fsp3) is 0.133. The van der Waals surface area contributed by atoms with Gasteiger partial charge in [-0.25, -0.2) is 0 Å². The first-order valence-electron chi connectivity index (χ1n) is 5.84. The Balaban J connectivity index is 2.07. The molecule has 0 atom stereocenters. The molecule has 1 amide bonds. The van der Waals surface area contributed by atoms with Crippen molar-refractivity contribution in [3.63, 3.8) is 0 Å². The molecular formula is C15H14BrNO2. The van der Waals surface area contributed by atoms with Crippen LogP contribution < -0.4 is 10.5 Å². The number of primary amides is 1. The third-order valence-electron chi connectivity index (χ3n) is 2.75. The van der Waals surface area contributed by atoms with Crippen LogP contribution in [-0.2, 0) is 6.61 Å². The lowest BCUT2D eigenvalue weighted by Crippen LogP contribution is -2.11. The van der Waals surface area contributed by atoms with Gasteiger partial charge in [0.1, 0.15) is 12.4 Å². The molecule has 0 fully saturated rings. The first-order chi connectivity index (χ1) is 9.06. The average Bonchev–Trinajstić information content (AvgIpc) is 2.40. The largest absolute Gasteiger partial charge is 0.489 e. The Morgan fingerprint density at radius 1 is 1.26 bits per heavy atom. The number of hydrogen-bond donors (Lipinski definition) is 1. The van der Waals surface area contributed by atoms with E-state index in [0.29, 0.717) is 12.2 Å². The highest BCUT2D eigenvalue weighted by atomic mass is 79.9. The van der Waals surface area contributed by atoms with Gasteiger partial charge in [0.05, 0.1) is 0 Å². The summed E-state index contributed by atoms with van der Waals surface area (Å²) in [6.07, 6.45) is 0. The number of halogens is 1. The number of aryl methyl sites for hydroxylation is 1. The van der Waals surface area contributed by atoms with E-state index in [0.717, 1.165) is 21.3 Å². The monoisotopic (exact) mass is 319 g/mol. The molecule has 0 saturated heterocycles. The summed E-state index contributed by atoms with van der Waals surface area (Å²) in [7, 11) is 0. The van der Waals surface area contributed by atoms with Gasteiger partial charge in [0, 0.05) is 10.0 Å². The second-order valence-electron chi connectivity index (χ2n) is 4.26. The molecule has 0 spiro atoms. The Hall–Kier alpha value is -1.81. The molecule has 0 radical (unpaired) electrons. The van der Waals surface area contributed by atoms with E-state index in [4.69, 9.17) is 10.5 Å². The van der Waals surface area contributed by atoms with Crippen molar-refractivity contribution in [3.8, 4) is 5.75 Å². The van der Waals surface area contributed by atoms with Crippen molar-refractivity contribution in [1.82, 2.24) is 0 Å². The SMILES string of the molecule is Cc1cc(OCc2cccc(C(N)=O)c2)ccc1Br. The van der Waals surface area contributed by atoms with Crippen LogP contribution in [0.1, 0.15) is 21.5 Å². The van der Waals surface area contributed by atoms with Crippen LogP contribution in [-0.4, -0.2) is 5.91 Å². The van der Waals surface area contributed by atoms with Crippen molar-refractivity contribution in [2.24, 2.45) is 5.73 Å². The molecule has 3 nitrogen and oxygen atoms in total. The van der Waals surface area contributed by atoms with Crippen molar-refractivity contribution in [3.05, 3.63) is 63.6 Å². The van der Waals surface area contributed by atoms with E-state index in [1.54, 1.807) is 18.2 Å². The predicted octanol–water partition coefficient (Wildman–Crippen LogP) is 3.44. The van der Waals surface area contributed by atoms with E-state index in [-0.39, 0.29) is 0 Å². The van der Waals surface area contributed by atoms with Crippen LogP contribution in [0.3, 0.4) is 0 Å². The van der Waals surface area contributed by atoms with Crippen molar-refractivity contribution < 1.29 is 9.53 Å². The molecule has 0 aliphatic rings. The summed E-state index contributed by atoms with van der Waals surface area (Å²) in [6.45, 7) is 2.41. The van der Waals surface area contributed by atoms with Crippen molar-refractivity contribution in [1.29, 1.82) is 0 Å². The Labute approximate surface area is 120 Å². The molecule has 0 aliphatic carbocycles. The lowest BCUT2D eigenvalue weighted by Gasteiger charge is -2.08. The average molecular weight is 320 g/mol. The van der Waals surface area contributed by atoms with Crippen LogP contribution in [0.15, 0.2) is 46.9 Å². The number of benzene rings is 2. The minimum Gasteiger partial charge on any atom is -0.489 e. The van der Waals surface area contributed by atoms with Gasteiger partial charge in [-0.1, -0.05) is 28.1 Å². The molecule has 98 valence electrons. The van der Waals surface area contributed by atoms with Gasteiger partial charge in [0.15, 0.2) is 0 Å². The Morgan fingerprint density at radius 3 is 2.74 bits per heavy atom.